The third-order valence-electron chi connectivity index (χ3n) is 3.45. The second-order valence-corrected chi connectivity index (χ2v) is 7.32. The number of fused-ring (bicyclic) bond motifs is 1. The topological polar surface area (TPSA) is 20.3 Å². The number of Topliss-reactive ketones (excluding diaryl/α,β-unsaturated/α-hetero) is 1. The van der Waals surface area contributed by atoms with E-state index in [1.165, 1.54) is 19.9 Å². The molecule has 0 amide bonds. The van der Waals surface area contributed by atoms with Crippen molar-refractivity contribution in [2.75, 3.05) is 11.4 Å². The molecule has 0 atom stereocenters. The van der Waals surface area contributed by atoms with Gasteiger partial charge in [-0.3, -0.25) is 4.79 Å². The first kappa shape index (κ1) is 12.9. The third-order valence-corrected chi connectivity index (χ3v) is 5.06. The number of hydrogen-bond acceptors (Lipinski definition) is 3. The molecule has 0 bridgehead atoms. The van der Waals surface area contributed by atoms with Crippen molar-refractivity contribution in [2.45, 2.75) is 19.9 Å². The summed E-state index contributed by atoms with van der Waals surface area (Å²) in [6, 6.07) is 10.3. The van der Waals surface area contributed by atoms with Gasteiger partial charge in [-0.05, 0) is 65.2 Å². The Morgan fingerprint density at radius 2 is 2.21 bits per heavy atom. The van der Waals surface area contributed by atoms with E-state index < -0.39 is 0 Å². The molecule has 1 aromatic carbocycles. The largest absolute Gasteiger partial charge is 0.366 e. The van der Waals surface area contributed by atoms with E-state index >= 15 is 0 Å². The molecule has 2 heterocycles. The Bertz CT molecular complexity index is 635. The molecule has 19 heavy (non-hydrogen) atoms. The molecule has 0 radical (unpaired) electrons. The van der Waals surface area contributed by atoms with E-state index in [1.54, 1.807) is 18.3 Å². The Morgan fingerprint density at radius 1 is 1.37 bits per heavy atom. The first-order chi connectivity index (χ1) is 9.13. The lowest BCUT2D eigenvalue weighted by Crippen LogP contribution is -2.18. The van der Waals surface area contributed by atoms with Gasteiger partial charge in [0.05, 0.1) is 10.3 Å². The molecule has 1 aromatic heterocycles. The number of carbonyl (C=O) groups excluding carboxylic acids is 1. The van der Waals surface area contributed by atoms with Crippen LogP contribution in [0.3, 0.4) is 0 Å². The molecule has 98 valence electrons. The van der Waals surface area contributed by atoms with Gasteiger partial charge in [0.1, 0.15) is 0 Å². The number of carbonyl (C=O) groups is 1. The van der Waals surface area contributed by atoms with Crippen molar-refractivity contribution < 1.29 is 4.79 Å². The van der Waals surface area contributed by atoms with Crippen LogP contribution in [0, 0.1) is 0 Å². The molecule has 0 spiro atoms. The first-order valence-electron chi connectivity index (χ1n) is 6.26. The van der Waals surface area contributed by atoms with Crippen LogP contribution in [-0.2, 0) is 13.0 Å². The summed E-state index contributed by atoms with van der Waals surface area (Å²) in [5.74, 6) is 0.142. The van der Waals surface area contributed by atoms with Crippen molar-refractivity contribution >= 4 is 38.7 Å². The van der Waals surface area contributed by atoms with Crippen LogP contribution >= 0.6 is 27.3 Å². The number of thiophene rings is 1. The predicted molar refractivity (Wildman–Crippen MR) is 83.2 cm³/mol. The molecule has 1 aliphatic heterocycles. The van der Waals surface area contributed by atoms with Gasteiger partial charge in [0.15, 0.2) is 5.78 Å². The summed E-state index contributed by atoms with van der Waals surface area (Å²) in [6.45, 7) is 3.60. The van der Waals surface area contributed by atoms with Crippen LogP contribution < -0.4 is 4.90 Å². The highest BCUT2D eigenvalue weighted by molar-refractivity contribution is 9.11. The molecule has 0 aliphatic carbocycles. The number of anilines is 1. The monoisotopic (exact) mass is 335 g/mol. The van der Waals surface area contributed by atoms with Crippen molar-refractivity contribution in [1.29, 1.82) is 0 Å². The van der Waals surface area contributed by atoms with Gasteiger partial charge in [0.2, 0.25) is 0 Å². The van der Waals surface area contributed by atoms with Gasteiger partial charge in [0.25, 0.3) is 0 Å². The maximum Gasteiger partial charge on any atom is 0.159 e. The van der Waals surface area contributed by atoms with Crippen LogP contribution in [0.15, 0.2) is 34.1 Å². The molecule has 0 saturated carbocycles. The SMILES string of the molecule is CC(=O)c1ccc2c(c1)CCN2Cc1ccc(Br)s1. The molecule has 0 unspecified atom stereocenters. The van der Waals surface area contributed by atoms with Crippen molar-refractivity contribution in [3.63, 3.8) is 0 Å². The minimum atomic E-state index is 0.142. The summed E-state index contributed by atoms with van der Waals surface area (Å²) in [5, 5.41) is 0. The Balaban J connectivity index is 1.84. The molecule has 1 aliphatic rings. The number of hydrogen-bond donors (Lipinski definition) is 0. The van der Waals surface area contributed by atoms with E-state index in [-0.39, 0.29) is 5.78 Å². The molecule has 0 fully saturated rings. The second kappa shape index (κ2) is 5.10. The maximum atomic E-state index is 11.4. The highest BCUT2D eigenvalue weighted by Crippen LogP contribution is 2.32. The zero-order valence-electron chi connectivity index (χ0n) is 10.6. The summed E-state index contributed by atoms with van der Waals surface area (Å²) in [6.07, 6.45) is 1.03. The number of rotatable bonds is 3. The molecular formula is C15H14BrNOS. The normalized spacial score (nSPS) is 13.7. The van der Waals surface area contributed by atoms with E-state index in [2.05, 4.69) is 39.0 Å². The van der Waals surface area contributed by atoms with Gasteiger partial charge < -0.3 is 4.90 Å². The zero-order chi connectivity index (χ0) is 13.4. The van der Waals surface area contributed by atoms with E-state index in [4.69, 9.17) is 0 Å². The van der Waals surface area contributed by atoms with Crippen LogP contribution in [0.25, 0.3) is 0 Å². The summed E-state index contributed by atoms with van der Waals surface area (Å²) in [4.78, 5) is 15.1. The fourth-order valence-corrected chi connectivity index (χ4v) is 3.98. The van der Waals surface area contributed by atoms with Gasteiger partial charge >= 0.3 is 0 Å². The predicted octanol–water partition coefficient (Wildman–Crippen LogP) is 4.28. The molecule has 2 aromatic rings. The first-order valence-corrected chi connectivity index (χ1v) is 7.87. The minimum absolute atomic E-state index is 0.142. The van der Waals surface area contributed by atoms with Crippen LogP contribution in [-0.4, -0.2) is 12.3 Å². The van der Waals surface area contributed by atoms with Crippen molar-refractivity contribution in [1.82, 2.24) is 0 Å². The lowest BCUT2D eigenvalue weighted by atomic mass is 10.1. The maximum absolute atomic E-state index is 11.4. The quantitative estimate of drug-likeness (QED) is 0.780. The fraction of sp³-hybridized carbons (Fsp3) is 0.267. The van der Waals surface area contributed by atoms with E-state index in [0.717, 1.165) is 25.1 Å². The van der Waals surface area contributed by atoms with Gasteiger partial charge in [-0.15, -0.1) is 11.3 Å². The Hall–Kier alpha value is -1.13. The molecule has 0 N–H and O–H groups in total. The number of ketones is 1. The van der Waals surface area contributed by atoms with Crippen molar-refractivity contribution in [2.24, 2.45) is 0 Å². The molecular weight excluding hydrogens is 322 g/mol. The van der Waals surface area contributed by atoms with E-state index in [9.17, 15) is 4.79 Å². The van der Waals surface area contributed by atoms with Crippen molar-refractivity contribution in [3.8, 4) is 0 Å². The second-order valence-electron chi connectivity index (χ2n) is 4.78. The third kappa shape index (κ3) is 2.60. The molecule has 2 nitrogen and oxygen atoms in total. The molecule has 0 saturated heterocycles. The van der Waals surface area contributed by atoms with Crippen LogP contribution in [0.2, 0.25) is 0 Å². The summed E-state index contributed by atoms with van der Waals surface area (Å²) >= 11 is 5.28. The zero-order valence-corrected chi connectivity index (χ0v) is 13.1. The number of halogens is 1. The van der Waals surface area contributed by atoms with E-state index in [0.29, 0.717) is 0 Å². The standard InChI is InChI=1S/C15H14BrNOS/c1-10(18)11-2-4-14-12(8-11)6-7-17(14)9-13-3-5-15(16)19-13/h2-5,8H,6-7,9H2,1H3. The van der Waals surface area contributed by atoms with Crippen molar-refractivity contribution in [3.05, 3.63) is 50.1 Å². The Kier molecular flexibility index (Phi) is 3.46. The average Bonchev–Trinajstić information content (AvgIpc) is 2.96. The highest BCUT2D eigenvalue weighted by Gasteiger charge is 2.20. The minimum Gasteiger partial charge on any atom is -0.366 e. The summed E-state index contributed by atoms with van der Waals surface area (Å²) in [7, 11) is 0. The van der Waals surface area contributed by atoms with Crippen LogP contribution in [0.5, 0.6) is 0 Å². The van der Waals surface area contributed by atoms with Gasteiger partial charge in [-0.25, -0.2) is 0 Å². The van der Waals surface area contributed by atoms with Gasteiger partial charge in [-0.1, -0.05) is 0 Å². The van der Waals surface area contributed by atoms with Gasteiger partial charge in [-0.2, -0.15) is 0 Å². The summed E-state index contributed by atoms with van der Waals surface area (Å²) < 4.78 is 1.17. The number of nitrogens with zero attached hydrogens (tertiary/aromatic N) is 1. The lowest BCUT2D eigenvalue weighted by Gasteiger charge is -2.18. The molecule has 3 rings (SSSR count). The van der Waals surface area contributed by atoms with Crippen LogP contribution in [0.1, 0.15) is 27.7 Å². The Morgan fingerprint density at radius 3 is 2.89 bits per heavy atom. The smallest absolute Gasteiger partial charge is 0.159 e. The van der Waals surface area contributed by atoms with Gasteiger partial charge in [0, 0.05) is 22.7 Å². The van der Waals surface area contributed by atoms with E-state index in [1.807, 2.05) is 12.1 Å². The lowest BCUT2D eigenvalue weighted by molar-refractivity contribution is 0.101. The fourth-order valence-electron chi connectivity index (χ4n) is 2.48. The van der Waals surface area contributed by atoms with Crippen LogP contribution in [0.4, 0.5) is 5.69 Å². The average molecular weight is 336 g/mol. The highest BCUT2D eigenvalue weighted by atomic mass is 79.9. The Labute approximate surface area is 125 Å². The molecule has 4 heteroatoms. The number of benzene rings is 1. The summed E-state index contributed by atoms with van der Waals surface area (Å²) in [5.41, 5.74) is 3.39.